The Balaban J connectivity index is 2.58. The first-order valence-electron chi connectivity index (χ1n) is 3.91. The topological polar surface area (TPSA) is 34.5 Å². The molecule has 1 rings (SSSR count). The highest BCUT2D eigenvalue weighted by molar-refractivity contribution is 5.76. The lowest BCUT2D eigenvalue weighted by atomic mass is 10.3. The first-order chi connectivity index (χ1) is 5.83. The summed E-state index contributed by atoms with van der Waals surface area (Å²) in [5.41, 5.74) is 1.96. The van der Waals surface area contributed by atoms with Gasteiger partial charge in [-0.25, -0.2) is 0 Å². The Labute approximate surface area is 72.1 Å². The Morgan fingerprint density at radius 3 is 3.00 bits per heavy atom. The third-order valence-electron chi connectivity index (χ3n) is 1.32. The molecule has 0 bridgehead atoms. The molecule has 0 saturated heterocycles. The Bertz CT molecular complexity index is 254. The van der Waals surface area contributed by atoms with E-state index in [0.717, 1.165) is 11.3 Å². The third-order valence-corrected chi connectivity index (χ3v) is 1.32. The van der Waals surface area contributed by atoms with Crippen LogP contribution in [0.15, 0.2) is 23.5 Å². The molecule has 1 aromatic heterocycles. The van der Waals surface area contributed by atoms with E-state index in [2.05, 4.69) is 10.1 Å². The summed E-state index contributed by atoms with van der Waals surface area (Å²) in [7, 11) is 0. The van der Waals surface area contributed by atoms with E-state index in [1.807, 2.05) is 26.0 Å². The van der Waals surface area contributed by atoms with Gasteiger partial charge in [-0.3, -0.25) is 4.98 Å². The van der Waals surface area contributed by atoms with E-state index in [-0.39, 0.29) is 0 Å². The fraction of sp³-hybridized carbons (Fsp3) is 0.333. The second-order valence-electron chi connectivity index (χ2n) is 2.41. The minimum absolute atomic E-state index is 0.586. The monoisotopic (exact) mass is 164 g/mol. The first kappa shape index (κ1) is 8.71. The van der Waals surface area contributed by atoms with Crippen LogP contribution in [0.25, 0.3) is 0 Å². The van der Waals surface area contributed by atoms with Gasteiger partial charge in [-0.1, -0.05) is 11.2 Å². The van der Waals surface area contributed by atoms with Crippen molar-refractivity contribution in [1.82, 2.24) is 4.98 Å². The Morgan fingerprint density at radius 1 is 1.58 bits per heavy atom. The second kappa shape index (κ2) is 4.49. The molecule has 0 atom stereocenters. The summed E-state index contributed by atoms with van der Waals surface area (Å²) in [5, 5.41) is 3.70. The van der Waals surface area contributed by atoms with E-state index in [1.165, 1.54) is 0 Å². The van der Waals surface area contributed by atoms with Crippen molar-refractivity contribution >= 4 is 6.21 Å². The van der Waals surface area contributed by atoms with Gasteiger partial charge in [0.25, 0.3) is 0 Å². The molecule has 0 aliphatic heterocycles. The molecule has 0 aliphatic rings. The molecule has 0 spiro atoms. The van der Waals surface area contributed by atoms with E-state index in [9.17, 15) is 0 Å². The minimum Gasteiger partial charge on any atom is -0.396 e. The standard InChI is InChI=1S/C9H12N2O/c1-3-12-11-7-9-5-4-8(2)6-10-9/h4-7H,3H2,1-2H3/b11-7+. The van der Waals surface area contributed by atoms with Crippen LogP contribution in [0.2, 0.25) is 0 Å². The fourth-order valence-corrected chi connectivity index (χ4v) is 0.721. The van der Waals surface area contributed by atoms with Gasteiger partial charge >= 0.3 is 0 Å². The average molecular weight is 164 g/mol. The fourth-order valence-electron chi connectivity index (χ4n) is 0.721. The van der Waals surface area contributed by atoms with Crippen LogP contribution in [0.4, 0.5) is 0 Å². The number of pyridine rings is 1. The predicted molar refractivity (Wildman–Crippen MR) is 48.2 cm³/mol. The lowest BCUT2D eigenvalue weighted by Crippen LogP contribution is -1.88. The molecule has 0 fully saturated rings. The highest BCUT2D eigenvalue weighted by Crippen LogP contribution is 1.95. The van der Waals surface area contributed by atoms with Crippen LogP contribution in [0.1, 0.15) is 18.2 Å². The van der Waals surface area contributed by atoms with Crippen LogP contribution >= 0.6 is 0 Å². The second-order valence-corrected chi connectivity index (χ2v) is 2.41. The summed E-state index contributed by atoms with van der Waals surface area (Å²) in [6.45, 7) is 4.47. The van der Waals surface area contributed by atoms with Crippen LogP contribution < -0.4 is 0 Å². The molecule has 0 saturated carbocycles. The highest BCUT2D eigenvalue weighted by atomic mass is 16.6. The molecule has 0 radical (unpaired) electrons. The maximum atomic E-state index is 4.80. The molecule has 0 N–H and O–H groups in total. The van der Waals surface area contributed by atoms with E-state index in [0.29, 0.717) is 6.61 Å². The van der Waals surface area contributed by atoms with Gasteiger partial charge in [0.15, 0.2) is 0 Å². The lowest BCUT2D eigenvalue weighted by Gasteiger charge is -1.93. The van der Waals surface area contributed by atoms with Crippen LogP contribution in [-0.2, 0) is 4.84 Å². The van der Waals surface area contributed by atoms with E-state index in [1.54, 1.807) is 12.4 Å². The van der Waals surface area contributed by atoms with Gasteiger partial charge in [-0.05, 0) is 25.5 Å². The Morgan fingerprint density at radius 2 is 2.42 bits per heavy atom. The SMILES string of the molecule is CCO/N=C/c1ccc(C)cn1. The van der Waals surface area contributed by atoms with Crippen molar-refractivity contribution in [2.24, 2.45) is 5.16 Å². The maximum Gasteiger partial charge on any atom is 0.114 e. The van der Waals surface area contributed by atoms with E-state index in [4.69, 9.17) is 4.84 Å². The van der Waals surface area contributed by atoms with Crippen LogP contribution in [-0.4, -0.2) is 17.8 Å². The average Bonchev–Trinajstić information content (AvgIpc) is 2.09. The number of hydrogen-bond acceptors (Lipinski definition) is 3. The van der Waals surface area contributed by atoms with Crippen LogP contribution in [0, 0.1) is 6.92 Å². The molecule has 1 aromatic rings. The zero-order chi connectivity index (χ0) is 8.81. The number of aryl methyl sites for hydroxylation is 1. The molecule has 3 heteroatoms. The molecular formula is C9H12N2O. The minimum atomic E-state index is 0.586. The van der Waals surface area contributed by atoms with Crippen molar-refractivity contribution in [2.45, 2.75) is 13.8 Å². The van der Waals surface area contributed by atoms with Crippen LogP contribution in [0.3, 0.4) is 0 Å². The molecule has 64 valence electrons. The molecule has 3 nitrogen and oxygen atoms in total. The lowest BCUT2D eigenvalue weighted by molar-refractivity contribution is 0.160. The van der Waals surface area contributed by atoms with E-state index >= 15 is 0 Å². The zero-order valence-corrected chi connectivity index (χ0v) is 7.32. The largest absolute Gasteiger partial charge is 0.396 e. The predicted octanol–water partition coefficient (Wildman–Crippen LogP) is 1.76. The van der Waals surface area contributed by atoms with Crippen molar-refractivity contribution in [3.63, 3.8) is 0 Å². The Hall–Kier alpha value is -1.38. The molecule has 0 amide bonds. The Kier molecular flexibility index (Phi) is 3.26. The summed E-state index contributed by atoms with van der Waals surface area (Å²) < 4.78 is 0. The number of oxime groups is 1. The number of nitrogens with zero attached hydrogens (tertiary/aromatic N) is 2. The smallest absolute Gasteiger partial charge is 0.114 e. The highest BCUT2D eigenvalue weighted by Gasteiger charge is 1.87. The van der Waals surface area contributed by atoms with Crippen molar-refractivity contribution in [3.05, 3.63) is 29.6 Å². The number of aromatic nitrogens is 1. The quantitative estimate of drug-likeness (QED) is 0.504. The summed E-state index contributed by atoms with van der Waals surface area (Å²) >= 11 is 0. The molecular weight excluding hydrogens is 152 g/mol. The summed E-state index contributed by atoms with van der Waals surface area (Å²) in [5.74, 6) is 0. The first-order valence-corrected chi connectivity index (χ1v) is 3.91. The zero-order valence-electron chi connectivity index (χ0n) is 7.32. The summed E-state index contributed by atoms with van der Waals surface area (Å²) in [6, 6.07) is 3.89. The van der Waals surface area contributed by atoms with Gasteiger partial charge in [0, 0.05) is 6.20 Å². The van der Waals surface area contributed by atoms with Gasteiger partial charge in [0.1, 0.15) is 6.61 Å². The molecule has 0 aromatic carbocycles. The summed E-state index contributed by atoms with van der Waals surface area (Å²) in [4.78, 5) is 8.92. The summed E-state index contributed by atoms with van der Waals surface area (Å²) in [6.07, 6.45) is 3.40. The van der Waals surface area contributed by atoms with Crippen molar-refractivity contribution < 1.29 is 4.84 Å². The number of rotatable bonds is 3. The molecule has 1 heterocycles. The third kappa shape index (κ3) is 2.70. The van der Waals surface area contributed by atoms with Crippen molar-refractivity contribution in [3.8, 4) is 0 Å². The van der Waals surface area contributed by atoms with Gasteiger partial charge < -0.3 is 4.84 Å². The molecule has 0 aliphatic carbocycles. The van der Waals surface area contributed by atoms with Gasteiger partial charge in [-0.2, -0.15) is 0 Å². The van der Waals surface area contributed by atoms with Gasteiger partial charge in [0.05, 0.1) is 11.9 Å². The van der Waals surface area contributed by atoms with E-state index < -0.39 is 0 Å². The van der Waals surface area contributed by atoms with Gasteiger partial charge in [-0.15, -0.1) is 0 Å². The number of hydrogen-bond donors (Lipinski definition) is 0. The van der Waals surface area contributed by atoms with Crippen molar-refractivity contribution in [1.29, 1.82) is 0 Å². The maximum absolute atomic E-state index is 4.80. The van der Waals surface area contributed by atoms with Crippen LogP contribution in [0.5, 0.6) is 0 Å². The van der Waals surface area contributed by atoms with Gasteiger partial charge in [0.2, 0.25) is 0 Å². The normalized spacial score (nSPS) is 10.5. The molecule has 0 unspecified atom stereocenters. The molecule has 12 heavy (non-hydrogen) atoms. The van der Waals surface area contributed by atoms with Crippen molar-refractivity contribution in [2.75, 3.05) is 6.61 Å².